The van der Waals surface area contributed by atoms with Gasteiger partial charge in [-0.05, 0) is 36.4 Å². The van der Waals surface area contributed by atoms with Crippen LogP contribution in [0.15, 0.2) is 47.4 Å². The smallest absolute Gasteiger partial charge is 0.335 e. The fraction of sp³-hybridized carbons (Fsp3) is 0. The van der Waals surface area contributed by atoms with Crippen LogP contribution in [0.4, 0.5) is 5.69 Å². The molecule has 0 aliphatic heterocycles. The van der Waals surface area contributed by atoms with E-state index < -0.39 is 26.9 Å². The van der Waals surface area contributed by atoms with Crippen LogP contribution in [-0.2, 0) is 10.0 Å². The molecular formula is C14H10ClNO6S. The van der Waals surface area contributed by atoms with Gasteiger partial charge >= 0.3 is 11.9 Å². The lowest BCUT2D eigenvalue weighted by molar-refractivity contribution is 0.0686. The van der Waals surface area contributed by atoms with E-state index >= 15 is 0 Å². The topological polar surface area (TPSA) is 121 Å². The number of benzene rings is 2. The predicted octanol–water partition coefficient (Wildman–Crippen LogP) is 2.54. The summed E-state index contributed by atoms with van der Waals surface area (Å²) in [6.07, 6.45) is 0. The molecule has 0 heterocycles. The van der Waals surface area contributed by atoms with E-state index in [-0.39, 0.29) is 21.8 Å². The zero-order valence-corrected chi connectivity index (χ0v) is 12.9. The number of rotatable bonds is 5. The van der Waals surface area contributed by atoms with E-state index in [1.807, 2.05) is 0 Å². The number of nitrogens with one attached hydrogen (secondary N) is 1. The highest BCUT2D eigenvalue weighted by molar-refractivity contribution is 7.92. The monoisotopic (exact) mass is 355 g/mol. The summed E-state index contributed by atoms with van der Waals surface area (Å²) >= 11 is 5.83. The van der Waals surface area contributed by atoms with Crippen molar-refractivity contribution in [2.24, 2.45) is 0 Å². The van der Waals surface area contributed by atoms with Gasteiger partial charge in [0.25, 0.3) is 10.0 Å². The fourth-order valence-corrected chi connectivity index (χ4v) is 3.34. The van der Waals surface area contributed by atoms with E-state index in [1.165, 1.54) is 24.3 Å². The highest BCUT2D eigenvalue weighted by atomic mass is 35.5. The molecule has 2 aromatic carbocycles. The van der Waals surface area contributed by atoms with Crippen LogP contribution in [0.25, 0.3) is 0 Å². The van der Waals surface area contributed by atoms with Gasteiger partial charge in [-0.15, -0.1) is 0 Å². The van der Waals surface area contributed by atoms with Crippen molar-refractivity contribution in [3.8, 4) is 0 Å². The van der Waals surface area contributed by atoms with Crippen LogP contribution in [0.5, 0.6) is 0 Å². The second kappa shape index (κ2) is 6.27. The largest absolute Gasteiger partial charge is 0.478 e. The van der Waals surface area contributed by atoms with E-state index in [9.17, 15) is 18.0 Å². The standard InChI is InChI=1S/C14H10ClNO6S/c15-11-5-4-9(14(19)20)7-12(11)23(21,22)16-10-3-1-2-8(6-10)13(17)18/h1-7,16H,(H,17,18)(H,19,20). The summed E-state index contributed by atoms with van der Waals surface area (Å²) in [6.45, 7) is 0. The Balaban J connectivity index is 2.43. The van der Waals surface area contributed by atoms with Crippen LogP contribution < -0.4 is 4.72 Å². The van der Waals surface area contributed by atoms with E-state index in [4.69, 9.17) is 21.8 Å². The van der Waals surface area contributed by atoms with Crippen LogP contribution in [-0.4, -0.2) is 30.6 Å². The number of hydrogen-bond acceptors (Lipinski definition) is 4. The Morgan fingerprint density at radius 3 is 2.17 bits per heavy atom. The molecule has 0 aliphatic rings. The summed E-state index contributed by atoms with van der Waals surface area (Å²) in [5.41, 5.74) is -0.327. The Labute approximate surface area is 136 Å². The van der Waals surface area contributed by atoms with E-state index in [2.05, 4.69) is 4.72 Å². The van der Waals surface area contributed by atoms with Gasteiger partial charge in [0.2, 0.25) is 0 Å². The van der Waals surface area contributed by atoms with Crippen molar-refractivity contribution in [1.29, 1.82) is 0 Å². The molecule has 0 aliphatic carbocycles. The first-order valence-electron chi connectivity index (χ1n) is 6.10. The van der Waals surface area contributed by atoms with Crippen molar-refractivity contribution in [3.63, 3.8) is 0 Å². The zero-order valence-electron chi connectivity index (χ0n) is 11.4. The lowest BCUT2D eigenvalue weighted by atomic mass is 10.2. The van der Waals surface area contributed by atoms with E-state index in [0.29, 0.717) is 0 Å². The Hall–Kier alpha value is -2.58. The van der Waals surface area contributed by atoms with Crippen molar-refractivity contribution in [2.45, 2.75) is 4.90 Å². The molecule has 0 spiro atoms. The number of halogens is 1. The lowest BCUT2D eigenvalue weighted by Gasteiger charge is -2.10. The third kappa shape index (κ3) is 3.79. The normalized spacial score (nSPS) is 11.0. The van der Waals surface area contributed by atoms with Gasteiger partial charge in [-0.2, -0.15) is 0 Å². The maximum absolute atomic E-state index is 12.3. The molecule has 0 aromatic heterocycles. The molecule has 2 rings (SSSR count). The van der Waals surface area contributed by atoms with Crippen molar-refractivity contribution in [2.75, 3.05) is 4.72 Å². The number of anilines is 1. The molecular weight excluding hydrogens is 346 g/mol. The summed E-state index contributed by atoms with van der Waals surface area (Å²) in [6, 6.07) is 8.43. The van der Waals surface area contributed by atoms with Gasteiger partial charge in [-0.25, -0.2) is 18.0 Å². The third-order valence-electron chi connectivity index (χ3n) is 2.83. The molecule has 0 saturated heterocycles. The van der Waals surface area contributed by atoms with Gasteiger partial charge in [0.15, 0.2) is 0 Å². The summed E-state index contributed by atoms with van der Waals surface area (Å²) in [5, 5.41) is 17.7. The van der Waals surface area contributed by atoms with Crippen LogP contribution in [0.1, 0.15) is 20.7 Å². The van der Waals surface area contributed by atoms with Crippen molar-refractivity contribution < 1.29 is 28.2 Å². The Kier molecular flexibility index (Phi) is 4.57. The lowest BCUT2D eigenvalue weighted by Crippen LogP contribution is -2.15. The van der Waals surface area contributed by atoms with Gasteiger partial charge in [0.1, 0.15) is 4.90 Å². The first kappa shape index (κ1) is 16.8. The molecule has 23 heavy (non-hydrogen) atoms. The molecule has 0 fully saturated rings. The first-order valence-corrected chi connectivity index (χ1v) is 7.96. The summed E-state index contributed by atoms with van der Waals surface area (Å²) in [7, 11) is -4.18. The molecule has 120 valence electrons. The second-order valence-electron chi connectivity index (χ2n) is 4.44. The van der Waals surface area contributed by atoms with Crippen LogP contribution in [0, 0.1) is 0 Å². The quantitative estimate of drug-likeness (QED) is 0.757. The minimum Gasteiger partial charge on any atom is -0.478 e. The van der Waals surface area contributed by atoms with Crippen LogP contribution in [0.2, 0.25) is 5.02 Å². The van der Waals surface area contributed by atoms with Gasteiger partial charge in [0.05, 0.1) is 16.1 Å². The number of aromatic carboxylic acids is 2. The average Bonchev–Trinajstić information content (AvgIpc) is 2.47. The predicted molar refractivity (Wildman–Crippen MR) is 82.6 cm³/mol. The minimum atomic E-state index is -4.18. The molecule has 0 atom stereocenters. The fourth-order valence-electron chi connectivity index (χ4n) is 1.77. The highest BCUT2D eigenvalue weighted by Gasteiger charge is 2.20. The number of hydrogen-bond donors (Lipinski definition) is 3. The van der Waals surface area contributed by atoms with Crippen molar-refractivity contribution >= 4 is 39.3 Å². The van der Waals surface area contributed by atoms with Crippen LogP contribution in [0.3, 0.4) is 0 Å². The van der Waals surface area contributed by atoms with E-state index in [1.54, 1.807) is 0 Å². The molecule has 3 N–H and O–H groups in total. The SMILES string of the molecule is O=C(O)c1cccc(NS(=O)(=O)c2cc(C(=O)O)ccc2Cl)c1. The third-order valence-corrected chi connectivity index (χ3v) is 4.69. The number of sulfonamides is 1. The minimum absolute atomic E-state index is 0.0155. The Morgan fingerprint density at radius 1 is 0.957 bits per heavy atom. The van der Waals surface area contributed by atoms with Gasteiger partial charge in [-0.1, -0.05) is 17.7 Å². The van der Waals surface area contributed by atoms with Crippen molar-refractivity contribution in [3.05, 3.63) is 58.6 Å². The van der Waals surface area contributed by atoms with Crippen molar-refractivity contribution in [1.82, 2.24) is 0 Å². The van der Waals surface area contributed by atoms with E-state index in [0.717, 1.165) is 18.2 Å². The molecule has 0 radical (unpaired) electrons. The molecule has 0 amide bonds. The molecule has 2 aromatic rings. The molecule has 7 nitrogen and oxygen atoms in total. The Morgan fingerprint density at radius 2 is 1.57 bits per heavy atom. The maximum Gasteiger partial charge on any atom is 0.335 e. The molecule has 0 saturated carbocycles. The first-order chi connectivity index (χ1) is 10.7. The zero-order chi connectivity index (χ0) is 17.2. The molecule has 0 unspecified atom stereocenters. The maximum atomic E-state index is 12.3. The highest BCUT2D eigenvalue weighted by Crippen LogP contribution is 2.25. The summed E-state index contributed by atoms with van der Waals surface area (Å²) < 4.78 is 26.9. The molecule has 0 bridgehead atoms. The average molecular weight is 356 g/mol. The molecule has 9 heteroatoms. The summed E-state index contributed by atoms with van der Waals surface area (Å²) in [4.78, 5) is 21.4. The van der Waals surface area contributed by atoms with Gasteiger partial charge < -0.3 is 10.2 Å². The second-order valence-corrected chi connectivity index (χ2v) is 6.50. The van der Waals surface area contributed by atoms with Gasteiger partial charge in [-0.3, -0.25) is 4.72 Å². The summed E-state index contributed by atoms with van der Waals surface area (Å²) in [5.74, 6) is -2.51. The number of carboxylic acid groups (broad SMARTS) is 2. The Bertz CT molecular complexity index is 894. The van der Waals surface area contributed by atoms with Gasteiger partial charge in [0, 0.05) is 5.69 Å². The van der Waals surface area contributed by atoms with Crippen LogP contribution >= 0.6 is 11.6 Å². The number of carboxylic acids is 2. The number of carbonyl (C=O) groups is 2.